The van der Waals surface area contributed by atoms with Crippen LogP contribution in [0.4, 0.5) is 0 Å². The summed E-state index contributed by atoms with van der Waals surface area (Å²) in [5, 5.41) is 8.77. The second kappa shape index (κ2) is 4.58. The second-order valence-corrected chi connectivity index (χ2v) is 2.86. The van der Waals surface area contributed by atoms with Crippen molar-refractivity contribution in [2.24, 2.45) is 0 Å². The summed E-state index contributed by atoms with van der Waals surface area (Å²) in [6.45, 7) is 3.48. The van der Waals surface area contributed by atoms with Crippen LogP contribution in [0, 0.1) is 0 Å². The molecule has 0 saturated carbocycles. The number of carboxylic acid groups (broad SMARTS) is 1. The van der Waals surface area contributed by atoms with Gasteiger partial charge in [-0.3, -0.25) is 0 Å². The van der Waals surface area contributed by atoms with Crippen LogP contribution in [-0.2, 0) is 9.53 Å². The van der Waals surface area contributed by atoms with Crippen LogP contribution in [0.2, 0.25) is 0 Å². The topological polar surface area (TPSA) is 46.5 Å². The van der Waals surface area contributed by atoms with Crippen LogP contribution in [0.1, 0.15) is 11.7 Å². The van der Waals surface area contributed by atoms with Crippen molar-refractivity contribution in [2.75, 3.05) is 7.11 Å². The Kier molecular flexibility index (Phi) is 3.42. The van der Waals surface area contributed by atoms with E-state index < -0.39 is 12.1 Å². The summed E-state index contributed by atoms with van der Waals surface area (Å²) in [7, 11) is 1.46. The fourth-order valence-electron chi connectivity index (χ4n) is 1.22. The van der Waals surface area contributed by atoms with Gasteiger partial charge in [-0.15, -0.1) is 0 Å². The zero-order valence-corrected chi connectivity index (χ0v) is 7.93. The lowest BCUT2D eigenvalue weighted by Crippen LogP contribution is -2.11. The van der Waals surface area contributed by atoms with Gasteiger partial charge in [0.1, 0.15) is 6.10 Å². The SMILES string of the molecule is C=C(C(=O)O)[C@H](OC)c1ccccc1. The molecule has 0 unspecified atom stereocenters. The maximum atomic E-state index is 10.7. The van der Waals surface area contributed by atoms with Crippen molar-refractivity contribution >= 4 is 5.97 Å². The van der Waals surface area contributed by atoms with Gasteiger partial charge in [0.05, 0.1) is 5.57 Å². The fourth-order valence-corrected chi connectivity index (χ4v) is 1.22. The van der Waals surface area contributed by atoms with Crippen molar-refractivity contribution in [1.82, 2.24) is 0 Å². The highest BCUT2D eigenvalue weighted by Gasteiger charge is 2.19. The molecule has 0 aromatic heterocycles. The predicted molar refractivity (Wildman–Crippen MR) is 53.0 cm³/mol. The normalized spacial score (nSPS) is 12.1. The van der Waals surface area contributed by atoms with Gasteiger partial charge in [-0.1, -0.05) is 36.9 Å². The van der Waals surface area contributed by atoms with Crippen molar-refractivity contribution < 1.29 is 14.6 Å². The zero-order valence-electron chi connectivity index (χ0n) is 7.93. The number of rotatable bonds is 4. The number of benzene rings is 1. The molecule has 0 spiro atoms. The Bertz CT molecular complexity index is 330. The lowest BCUT2D eigenvalue weighted by molar-refractivity contribution is -0.134. The molecular formula is C11H12O3. The van der Waals surface area contributed by atoms with E-state index in [1.807, 2.05) is 30.3 Å². The van der Waals surface area contributed by atoms with Crippen LogP contribution in [0.3, 0.4) is 0 Å². The summed E-state index contributed by atoms with van der Waals surface area (Å²) in [6.07, 6.45) is -0.575. The lowest BCUT2D eigenvalue weighted by atomic mass is 10.0. The Hall–Kier alpha value is -1.61. The van der Waals surface area contributed by atoms with Crippen LogP contribution < -0.4 is 0 Å². The number of hydrogen-bond donors (Lipinski definition) is 1. The second-order valence-electron chi connectivity index (χ2n) is 2.86. The summed E-state index contributed by atoms with van der Waals surface area (Å²) in [4.78, 5) is 10.7. The molecule has 3 heteroatoms. The molecule has 0 aliphatic carbocycles. The van der Waals surface area contributed by atoms with Crippen molar-refractivity contribution in [1.29, 1.82) is 0 Å². The fraction of sp³-hybridized carbons (Fsp3) is 0.182. The molecule has 0 fully saturated rings. The summed E-state index contributed by atoms with van der Waals surface area (Å²) >= 11 is 0. The van der Waals surface area contributed by atoms with E-state index in [1.165, 1.54) is 7.11 Å². The van der Waals surface area contributed by atoms with E-state index in [2.05, 4.69) is 6.58 Å². The third kappa shape index (κ3) is 2.20. The van der Waals surface area contributed by atoms with Crippen LogP contribution in [0.15, 0.2) is 42.5 Å². The van der Waals surface area contributed by atoms with Gasteiger partial charge in [0, 0.05) is 7.11 Å². The first-order valence-electron chi connectivity index (χ1n) is 4.16. The smallest absolute Gasteiger partial charge is 0.333 e. The van der Waals surface area contributed by atoms with Crippen LogP contribution in [0.25, 0.3) is 0 Å². The molecule has 0 saturated heterocycles. The largest absolute Gasteiger partial charge is 0.478 e. The van der Waals surface area contributed by atoms with Crippen molar-refractivity contribution in [3.8, 4) is 0 Å². The van der Waals surface area contributed by atoms with Crippen LogP contribution >= 0.6 is 0 Å². The molecule has 1 atom stereocenters. The molecule has 1 N–H and O–H groups in total. The molecule has 74 valence electrons. The molecule has 14 heavy (non-hydrogen) atoms. The van der Waals surface area contributed by atoms with Gasteiger partial charge in [0.15, 0.2) is 0 Å². The Morgan fingerprint density at radius 1 is 1.43 bits per heavy atom. The van der Waals surface area contributed by atoms with E-state index in [-0.39, 0.29) is 5.57 Å². The standard InChI is InChI=1S/C11H12O3/c1-8(11(12)13)10(14-2)9-6-4-3-5-7-9/h3-7,10H,1H2,2H3,(H,12,13)/t10-/m0/s1. The number of ether oxygens (including phenoxy) is 1. The molecule has 0 amide bonds. The van der Waals surface area contributed by atoms with Crippen molar-refractivity contribution in [2.45, 2.75) is 6.10 Å². The van der Waals surface area contributed by atoms with E-state index in [1.54, 1.807) is 0 Å². The highest BCUT2D eigenvalue weighted by atomic mass is 16.5. The summed E-state index contributed by atoms with van der Waals surface area (Å²) < 4.78 is 5.08. The summed E-state index contributed by atoms with van der Waals surface area (Å²) in [5.41, 5.74) is 0.834. The highest BCUT2D eigenvalue weighted by Crippen LogP contribution is 2.23. The number of carboxylic acids is 1. The minimum absolute atomic E-state index is 0.0405. The Morgan fingerprint density at radius 2 is 2.00 bits per heavy atom. The van der Waals surface area contributed by atoms with E-state index in [0.717, 1.165) is 5.56 Å². The highest BCUT2D eigenvalue weighted by molar-refractivity contribution is 5.87. The third-order valence-corrected chi connectivity index (χ3v) is 1.93. The number of hydrogen-bond acceptors (Lipinski definition) is 2. The first-order valence-corrected chi connectivity index (χ1v) is 4.16. The molecule has 1 rings (SSSR count). The molecule has 0 radical (unpaired) electrons. The minimum atomic E-state index is -1.04. The van der Waals surface area contributed by atoms with Gasteiger partial charge in [-0.05, 0) is 5.56 Å². The van der Waals surface area contributed by atoms with E-state index in [0.29, 0.717) is 0 Å². The molecule has 0 aliphatic rings. The Balaban J connectivity index is 2.93. The van der Waals surface area contributed by atoms with Gasteiger partial charge in [-0.25, -0.2) is 4.79 Å². The Morgan fingerprint density at radius 3 is 2.43 bits per heavy atom. The lowest BCUT2D eigenvalue weighted by Gasteiger charge is -2.15. The van der Waals surface area contributed by atoms with Crippen molar-refractivity contribution in [3.05, 3.63) is 48.0 Å². The predicted octanol–water partition coefficient (Wildman–Crippen LogP) is 2.01. The van der Waals surface area contributed by atoms with Gasteiger partial charge in [0.2, 0.25) is 0 Å². The molecule has 0 heterocycles. The molecule has 0 bridgehead atoms. The number of aliphatic carboxylic acids is 1. The van der Waals surface area contributed by atoms with Crippen LogP contribution in [0.5, 0.6) is 0 Å². The molecule has 0 aliphatic heterocycles. The molecule has 1 aromatic carbocycles. The number of methoxy groups -OCH3 is 1. The van der Waals surface area contributed by atoms with Crippen molar-refractivity contribution in [3.63, 3.8) is 0 Å². The molecule has 3 nitrogen and oxygen atoms in total. The summed E-state index contributed by atoms with van der Waals surface area (Å²) in [6, 6.07) is 9.14. The maximum absolute atomic E-state index is 10.7. The average Bonchev–Trinajstić information content (AvgIpc) is 2.20. The Labute approximate surface area is 82.6 Å². The van der Waals surface area contributed by atoms with Gasteiger partial charge >= 0.3 is 5.97 Å². The minimum Gasteiger partial charge on any atom is -0.478 e. The quantitative estimate of drug-likeness (QED) is 0.742. The van der Waals surface area contributed by atoms with E-state index >= 15 is 0 Å². The van der Waals surface area contributed by atoms with E-state index in [9.17, 15) is 4.79 Å². The van der Waals surface area contributed by atoms with Gasteiger partial charge in [-0.2, -0.15) is 0 Å². The first kappa shape index (κ1) is 10.5. The van der Waals surface area contributed by atoms with Gasteiger partial charge < -0.3 is 9.84 Å². The van der Waals surface area contributed by atoms with E-state index in [4.69, 9.17) is 9.84 Å². The van der Waals surface area contributed by atoms with Gasteiger partial charge in [0.25, 0.3) is 0 Å². The third-order valence-electron chi connectivity index (χ3n) is 1.93. The monoisotopic (exact) mass is 192 g/mol. The molecule has 1 aromatic rings. The zero-order chi connectivity index (χ0) is 10.6. The average molecular weight is 192 g/mol. The first-order chi connectivity index (χ1) is 6.66. The summed E-state index contributed by atoms with van der Waals surface area (Å²) in [5.74, 6) is -1.04. The number of carbonyl (C=O) groups is 1. The molecular weight excluding hydrogens is 180 g/mol. The maximum Gasteiger partial charge on any atom is 0.333 e. The van der Waals surface area contributed by atoms with Crippen LogP contribution in [-0.4, -0.2) is 18.2 Å².